The van der Waals surface area contributed by atoms with Gasteiger partial charge in [-0.1, -0.05) is 25.1 Å². The third-order valence-corrected chi connectivity index (χ3v) is 4.39. The third-order valence-electron chi connectivity index (χ3n) is 4.39. The first-order valence-corrected chi connectivity index (χ1v) is 8.30. The Balaban J connectivity index is 2.30. The zero-order valence-electron chi connectivity index (χ0n) is 14.4. The number of nitrogen functional groups attached to an aromatic ring is 1. The Hall–Kier alpha value is -2.18. The van der Waals surface area contributed by atoms with Gasteiger partial charge in [-0.25, -0.2) is 9.97 Å². The molecule has 6 nitrogen and oxygen atoms in total. The van der Waals surface area contributed by atoms with E-state index in [1.54, 1.807) is 0 Å². The fourth-order valence-corrected chi connectivity index (χ4v) is 2.83. The summed E-state index contributed by atoms with van der Waals surface area (Å²) in [5.74, 6) is 1.15. The van der Waals surface area contributed by atoms with Crippen molar-refractivity contribution in [3.05, 3.63) is 30.1 Å². The maximum atomic E-state index is 10.6. The number of aromatic nitrogens is 3. The van der Waals surface area contributed by atoms with E-state index in [4.69, 9.17) is 10.5 Å². The molecule has 24 heavy (non-hydrogen) atoms. The van der Waals surface area contributed by atoms with Gasteiger partial charge in [-0.3, -0.25) is 0 Å². The van der Waals surface area contributed by atoms with E-state index in [0.717, 1.165) is 22.2 Å². The number of para-hydroxylation sites is 1. The van der Waals surface area contributed by atoms with Crippen LogP contribution in [0.15, 0.2) is 24.3 Å². The Morgan fingerprint density at radius 1 is 1.25 bits per heavy atom. The van der Waals surface area contributed by atoms with Crippen molar-refractivity contribution in [3.63, 3.8) is 0 Å². The lowest BCUT2D eigenvalue weighted by atomic mass is 10.0. The van der Waals surface area contributed by atoms with E-state index in [1.165, 1.54) is 0 Å². The van der Waals surface area contributed by atoms with Gasteiger partial charge in [0.15, 0.2) is 5.82 Å². The van der Waals surface area contributed by atoms with Crippen LogP contribution in [0.3, 0.4) is 0 Å². The van der Waals surface area contributed by atoms with Crippen molar-refractivity contribution in [3.8, 4) is 0 Å². The predicted octanol–water partition coefficient (Wildman–Crippen LogP) is 2.86. The number of anilines is 1. The second-order valence-corrected chi connectivity index (χ2v) is 6.31. The highest BCUT2D eigenvalue weighted by molar-refractivity contribution is 6.06. The van der Waals surface area contributed by atoms with Crippen molar-refractivity contribution in [2.24, 2.45) is 0 Å². The Bertz CT molecular complexity index is 870. The molecule has 0 saturated carbocycles. The number of aliphatic hydroxyl groups is 1. The maximum Gasteiger partial charge on any atom is 0.152 e. The molecule has 128 valence electrons. The molecule has 3 rings (SSSR count). The molecular formula is C18H24N4O2. The highest BCUT2D eigenvalue weighted by Gasteiger charge is 2.24. The molecule has 1 aromatic carbocycles. The quantitative estimate of drug-likeness (QED) is 0.726. The number of hydrogen-bond acceptors (Lipinski definition) is 5. The molecule has 0 aliphatic carbocycles. The summed E-state index contributed by atoms with van der Waals surface area (Å²) in [6.45, 7) is 7.14. The fraction of sp³-hybridized carbons (Fsp3) is 0.444. The molecule has 0 amide bonds. The number of nitrogens with zero attached hydrogens (tertiary/aromatic N) is 3. The average Bonchev–Trinajstić information content (AvgIpc) is 2.92. The molecule has 0 saturated heterocycles. The molecule has 0 radical (unpaired) electrons. The summed E-state index contributed by atoms with van der Waals surface area (Å²) < 4.78 is 7.59. The molecule has 1 atom stereocenters. The topological polar surface area (TPSA) is 86.2 Å². The molecule has 0 fully saturated rings. The number of ether oxygens (including phenoxy) is 1. The zero-order valence-corrected chi connectivity index (χ0v) is 14.4. The van der Waals surface area contributed by atoms with E-state index in [-0.39, 0.29) is 0 Å². The Morgan fingerprint density at radius 3 is 2.71 bits per heavy atom. The zero-order chi connectivity index (χ0) is 17.3. The first-order valence-electron chi connectivity index (χ1n) is 8.30. The normalized spacial score (nSPS) is 14.3. The highest BCUT2D eigenvalue weighted by atomic mass is 16.5. The molecule has 1 unspecified atom stereocenters. The van der Waals surface area contributed by atoms with Crippen molar-refractivity contribution in [1.29, 1.82) is 0 Å². The molecule has 0 aliphatic rings. The molecular weight excluding hydrogens is 304 g/mol. The number of hydrogen-bond donors (Lipinski definition) is 2. The number of pyridine rings is 1. The number of nitrogens with two attached hydrogens (primary N) is 1. The Labute approximate surface area is 141 Å². The number of rotatable bonds is 6. The lowest BCUT2D eigenvalue weighted by Gasteiger charge is -2.24. The van der Waals surface area contributed by atoms with Crippen LogP contribution in [0.25, 0.3) is 21.9 Å². The van der Waals surface area contributed by atoms with Gasteiger partial charge >= 0.3 is 0 Å². The van der Waals surface area contributed by atoms with Crippen LogP contribution in [0.1, 0.15) is 33.0 Å². The van der Waals surface area contributed by atoms with Crippen LogP contribution < -0.4 is 5.73 Å². The number of imidazole rings is 1. The molecule has 6 heteroatoms. The third kappa shape index (κ3) is 2.95. The van der Waals surface area contributed by atoms with Crippen LogP contribution in [0.5, 0.6) is 0 Å². The van der Waals surface area contributed by atoms with Gasteiger partial charge in [0.1, 0.15) is 17.9 Å². The lowest BCUT2D eigenvalue weighted by molar-refractivity contribution is 0.0359. The molecule has 0 aliphatic heterocycles. The highest BCUT2D eigenvalue weighted by Crippen LogP contribution is 2.30. The van der Waals surface area contributed by atoms with Crippen LogP contribution in [0.4, 0.5) is 5.82 Å². The van der Waals surface area contributed by atoms with Crippen molar-refractivity contribution >= 4 is 27.8 Å². The number of benzene rings is 1. The first kappa shape index (κ1) is 16.7. The van der Waals surface area contributed by atoms with E-state index in [9.17, 15) is 5.11 Å². The maximum absolute atomic E-state index is 10.6. The van der Waals surface area contributed by atoms with Gasteiger partial charge in [0.05, 0.1) is 23.2 Å². The summed E-state index contributed by atoms with van der Waals surface area (Å²) in [5.41, 5.74) is 7.69. The Kier molecular flexibility index (Phi) is 4.43. The van der Waals surface area contributed by atoms with E-state index < -0.39 is 5.60 Å². The summed E-state index contributed by atoms with van der Waals surface area (Å²) >= 11 is 0. The van der Waals surface area contributed by atoms with Crippen molar-refractivity contribution in [2.45, 2.75) is 45.9 Å². The number of fused-ring (bicyclic) bond motifs is 3. The summed E-state index contributed by atoms with van der Waals surface area (Å²) in [5, 5.41) is 11.6. The summed E-state index contributed by atoms with van der Waals surface area (Å²) in [4.78, 5) is 9.11. The van der Waals surface area contributed by atoms with Crippen LogP contribution >= 0.6 is 0 Å². The van der Waals surface area contributed by atoms with Gasteiger partial charge in [0, 0.05) is 12.0 Å². The summed E-state index contributed by atoms with van der Waals surface area (Å²) in [6, 6.07) is 7.85. The molecule has 3 aromatic rings. The van der Waals surface area contributed by atoms with Crippen LogP contribution in [0.2, 0.25) is 0 Å². The predicted molar refractivity (Wildman–Crippen MR) is 95.7 cm³/mol. The SMILES string of the molecule is CCOCc1nc2c(N)nc3ccccc3c2n1CC(C)(O)CC. The van der Waals surface area contributed by atoms with Crippen molar-refractivity contribution < 1.29 is 9.84 Å². The van der Waals surface area contributed by atoms with Crippen molar-refractivity contribution in [1.82, 2.24) is 14.5 Å². The van der Waals surface area contributed by atoms with Gasteiger partial charge in [-0.15, -0.1) is 0 Å². The second kappa shape index (κ2) is 6.37. The van der Waals surface area contributed by atoms with Crippen LogP contribution in [0, 0.1) is 0 Å². The van der Waals surface area contributed by atoms with Gasteiger partial charge in [-0.2, -0.15) is 0 Å². The Morgan fingerprint density at radius 2 is 2.00 bits per heavy atom. The standard InChI is InChI=1S/C18H24N4O2/c1-4-18(3,23)11-22-14(10-24-5-2)21-15-16(22)12-8-6-7-9-13(12)20-17(15)19/h6-9,23H,4-5,10-11H2,1-3H3,(H2,19,20). The smallest absolute Gasteiger partial charge is 0.152 e. The van der Waals surface area contributed by atoms with Crippen LogP contribution in [-0.2, 0) is 17.9 Å². The molecule has 0 spiro atoms. The van der Waals surface area contributed by atoms with E-state index in [1.807, 2.05) is 49.6 Å². The van der Waals surface area contributed by atoms with Gasteiger partial charge < -0.3 is 20.1 Å². The molecule has 0 bridgehead atoms. The second-order valence-electron chi connectivity index (χ2n) is 6.31. The molecule has 2 aromatic heterocycles. The monoisotopic (exact) mass is 328 g/mol. The minimum atomic E-state index is -0.840. The van der Waals surface area contributed by atoms with E-state index >= 15 is 0 Å². The van der Waals surface area contributed by atoms with Gasteiger partial charge in [0.2, 0.25) is 0 Å². The first-order chi connectivity index (χ1) is 11.5. The van der Waals surface area contributed by atoms with E-state index in [0.29, 0.717) is 37.5 Å². The minimum absolute atomic E-state index is 0.374. The largest absolute Gasteiger partial charge is 0.388 e. The van der Waals surface area contributed by atoms with Gasteiger partial charge in [-0.05, 0) is 26.3 Å². The molecule has 3 N–H and O–H groups in total. The minimum Gasteiger partial charge on any atom is -0.388 e. The van der Waals surface area contributed by atoms with Crippen molar-refractivity contribution in [2.75, 3.05) is 12.3 Å². The summed E-state index contributed by atoms with van der Waals surface area (Å²) in [7, 11) is 0. The fourth-order valence-electron chi connectivity index (χ4n) is 2.83. The summed E-state index contributed by atoms with van der Waals surface area (Å²) in [6.07, 6.45) is 0.638. The lowest BCUT2D eigenvalue weighted by Crippen LogP contribution is -2.30. The van der Waals surface area contributed by atoms with Gasteiger partial charge in [0.25, 0.3) is 0 Å². The van der Waals surface area contributed by atoms with E-state index in [2.05, 4.69) is 9.97 Å². The molecule has 2 heterocycles. The average molecular weight is 328 g/mol. The van der Waals surface area contributed by atoms with Crippen LogP contribution in [-0.4, -0.2) is 31.8 Å².